The van der Waals surface area contributed by atoms with Crippen molar-refractivity contribution in [1.82, 2.24) is 5.32 Å². The highest BCUT2D eigenvalue weighted by Gasteiger charge is 2.17. The van der Waals surface area contributed by atoms with Crippen LogP contribution in [0.15, 0.2) is 72.9 Å². The predicted molar refractivity (Wildman–Crippen MR) is 170 cm³/mol. The smallest absolute Gasteiger partial charge is 0.220 e. The molecule has 0 fully saturated rings. The normalized spacial score (nSPS) is 14.3. The minimum Gasteiger partial charge on any atom is -0.394 e. The van der Waals surface area contributed by atoms with E-state index in [-0.39, 0.29) is 12.5 Å². The first kappa shape index (κ1) is 36.8. The van der Waals surface area contributed by atoms with Crippen molar-refractivity contribution in [3.8, 4) is 0 Å². The molecular weight excluding hydrogens is 482 g/mol. The van der Waals surface area contributed by atoms with Crippen LogP contribution in [0.1, 0.15) is 123 Å². The molecule has 0 aromatic heterocycles. The number of nitrogens with one attached hydrogen (secondary N) is 1. The summed E-state index contributed by atoms with van der Waals surface area (Å²) in [7, 11) is 0. The molecule has 39 heavy (non-hydrogen) atoms. The molecule has 0 rings (SSSR count). The molecule has 0 aromatic rings. The number of amides is 1. The van der Waals surface area contributed by atoms with Crippen LogP contribution in [-0.4, -0.2) is 34.9 Å². The number of hydrogen-bond donors (Lipinski definition) is 3. The molecule has 0 saturated carbocycles. The summed E-state index contributed by atoms with van der Waals surface area (Å²) in [6, 6.07) is -0.632. The van der Waals surface area contributed by atoms with Crippen LogP contribution in [0.5, 0.6) is 0 Å². The van der Waals surface area contributed by atoms with E-state index in [0.29, 0.717) is 6.42 Å². The highest BCUT2D eigenvalue weighted by Crippen LogP contribution is 2.09. The zero-order chi connectivity index (χ0) is 28.7. The van der Waals surface area contributed by atoms with Crippen LogP contribution in [0.25, 0.3) is 0 Å². The fourth-order valence-electron chi connectivity index (χ4n) is 4.02. The average molecular weight is 542 g/mol. The molecule has 0 aliphatic heterocycles. The molecule has 0 heterocycles. The molecule has 0 bridgehead atoms. The zero-order valence-corrected chi connectivity index (χ0v) is 25.1. The second kappa shape index (κ2) is 30.4. The maximum Gasteiger partial charge on any atom is 0.220 e. The second-order valence-corrected chi connectivity index (χ2v) is 10.1. The van der Waals surface area contributed by atoms with Gasteiger partial charge in [-0.15, -0.1) is 0 Å². The molecule has 0 saturated heterocycles. The number of carbonyl (C=O) groups excluding carboxylic acids is 1. The van der Waals surface area contributed by atoms with Crippen molar-refractivity contribution in [2.45, 2.75) is 135 Å². The third-order valence-electron chi connectivity index (χ3n) is 6.45. The standard InChI is InChI=1S/C35H59NO3/c1-3-5-7-9-11-12-13-14-15-16-17-18-19-20-21-22-23-24-25-27-29-31-35(39)36-33(32-37)34(38)30-28-26-10-8-6-4-2/h5,7,11-12,14-15,17-18,20-21,28,30,33-34,37-38H,3-4,6,8-10,13,16,19,22-27,29,31-32H2,1-2H3,(H,36,39)/b7-5-,12-11-,15-14-,18-17-,21-20-,30-28+. The van der Waals surface area contributed by atoms with Gasteiger partial charge in [0.25, 0.3) is 0 Å². The van der Waals surface area contributed by atoms with Gasteiger partial charge in [0.05, 0.1) is 18.8 Å². The summed E-state index contributed by atoms with van der Waals surface area (Å²) in [5.74, 6) is -0.0942. The molecule has 0 radical (unpaired) electrons. The van der Waals surface area contributed by atoms with E-state index in [2.05, 4.69) is 79.9 Å². The Bertz CT molecular complexity index is 717. The van der Waals surface area contributed by atoms with Gasteiger partial charge in [-0.25, -0.2) is 0 Å². The Kier molecular flexibility index (Phi) is 28.7. The van der Waals surface area contributed by atoms with E-state index in [1.807, 2.05) is 6.08 Å². The second-order valence-electron chi connectivity index (χ2n) is 10.1. The van der Waals surface area contributed by atoms with Gasteiger partial charge in [-0.3, -0.25) is 4.79 Å². The summed E-state index contributed by atoms with van der Waals surface area (Å²) in [5.41, 5.74) is 0. The van der Waals surface area contributed by atoms with Crippen LogP contribution in [0, 0.1) is 0 Å². The van der Waals surface area contributed by atoms with Gasteiger partial charge in [0, 0.05) is 6.42 Å². The number of unbranched alkanes of at least 4 members (excludes halogenated alkanes) is 9. The van der Waals surface area contributed by atoms with Crippen molar-refractivity contribution < 1.29 is 15.0 Å². The lowest BCUT2D eigenvalue weighted by Gasteiger charge is -2.20. The number of hydrogen-bond acceptors (Lipinski definition) is 3. The molecule has 222 valence electrons. The lowest BCUT2D eigenvalue weighted by molar-refractivity contribution is -0.123. The first-order valence-electron chi connectivity index (χ1n) is 15.7. The summed E-state index contributed by atoms with van der Waals surface area (Å²) in [5, 5.41) is 22.5. The molecule has 1 amide bonds. The number of rotatable bonds is 26. The lowest BCUT2D eigenvalue weighted by atomic mass is 10.1. The minimum atomic E-state index is -0.846. The van der Waals surface area contributed by atoms with Crippen molar-refractivity contribution in [3.63, 3.8) is 0 Å². The zero-order valence-electron chi connectivity index (χ0n) is 25.1. The summed E-state index contributed by atoms with van der Waals surface area (Å²) < 4.78 is 0. The molecular formula is C35H59NO3. The van der Waals surface area contributed by atoms with Gasteiger partial charge in [0.15, 0.2) is 0 Å². The van der Waals surface area contributed by atoms with E-state index in [1.54, 1.807) is 6.08 Å². The molecule has 0 aliphatic rings. The average Bonchev–Trinajstić information content (AvgIpc) is 2.94. The topological polar surface area (TPSA) is 69.6 Å². The molecule has 2 unspecified atom stereocenters. The highest BCUT2D eigenvalue weighted by atomic mass is 16.3. The van der Waals surface area contributed by atoms with Gasteiger partial charge in [-0.1, -0.05) is 125 Å². The van der Waals surface area contributed by atoms with E-state index in [4.69, 9.17) is 0 Å². The van der Waals surface area contributed by atoms with E-state index in [9.17, 15) is 15.0 Å². The molecule has 3 N–H and O–H groups in total. The van der Waals surface area contributed by atoms with Crippen LogP contribution < -0.4 is 5.32 Å². The molecule has 0 aromatic carbocycles. The Morgan fingerprint density at radius 1 is 0.641 bits per heavy atom. The third-order valence-corrected chi connectivity index (χ3v) is 6.45. The van der Waals surface area contributed by atoms with E-state index >= 15 is 0 Å². The Morgan fingerprint density at radius 2 is 1.13 bits per heavy atom. The summed E-state index contributed by atoms with van der Waals surface area (Å²) >= 11 is 0. The van der Waals surface area contributed by atoms with Crippen LogP contribution >= 0.6 is 0 Å². The van der Waals surface area contributed by atoms with Gasteiger partial charge in [-0.05, 0) is 64.2 Å². The third kappa shape index (κ3) is 27.2. The van der Waals surface area contributed by atoms with Gasteiger partial charge in [0.1, 0.15) is 0 Å². The summed E-state index contributed by atoms with van der Waals surface area (Å²) in [4.78, 5) is 12.2. The molecule has 0 aliphatic carbocycles. The number of aliphatic hydroxyl groups excluding tert-OH is 2. The maximum atomic E-state index is 12.2. The Hall–Kier alpha value is -2.17. The van der Waals surface area contributed by atoms with Crippen molar-refractivity contribution in [3.05, 3.63) is 72.9 Å². The summed E-state index contributed by atoms with van der Waals surface area (Å²) in [6.07, 6.45) is 42.7. The Balaban J connectivity index is 3.70. The van der Waals surface area contributed by atoms with E-state index in [0.717, 1.165) is 70.6 Å². The quantitative estimate of drug-likeness (QED) is 0.0757. The first-order valence-corrected chi connectivity index (χ1v) is 15.7. The fourth-order valence-corrected chi connectivity index (χ4v) is 4.02. The van der Waals surface area contributed by atoms with Crippen molar-refractivity contribution in [1.29, 1.82) is 0 Å². The minimum absolute atomic E-state index is 0.0942. The Labute approximate surface area is 240 Å². The largest absolute Gasteiger partial charge is 0.394 e. The molecule has 0 spiro atoms. The van der Waals surface area contributed by atoms with Crippen LogP contribution in [-0.2, 0) is 4.79 Å². The Morgan fingerprint density at radius 3 is 1.69 bits per heavy atom. The molecule has 2 atom stereocenters. The van der Waals surface area contributed by atoms with E-state index < -0.39 is 12.1 Å². The van der Waals surface area contributed by atoms with Crippen LogP contribution in [0.3, 0.4) is 0 Å². The first-order chi connectivity index (χ1) is 19.2. The lowest BCUT2D eigenvalue weighted by Crippen LogP contribution is -2.45. The SMILES string of the molecule is CC/C=C\C/C=C\C/C=C\C/C=C\C/C=C\CCCCCCCC(=O)NC(CO)C(O)/C=C/CCCCCC. The summed E-state index contributed by atoms with van der Waals surface area (Å²) in [6.45, 7) is 4.08. The molecule has 4 nitrogen and oxygen atoms in total. The predicted octanol–water partition coefficient (Wildman–Crippen LogP) is 8.83. The van der Waals surface area contributed by atoms with Crippen LogP contribution in [0.4, 0.5) is 0 Å². The van der Waals surface area contributed by atoms with Gasteiger partial charge in [0.2, 0.25) is 5.91 Å². The van der Waals surface area contributed by atoms with Crippen molar-refractivity contribution in [2.75, 3.05) is 6.61 Å². The highest BCUT2D eigenvalue weighted by molar-refractivity contribution is 5.76. The van der Waals surface area contributed by atoms with Gasteiger partial charge in [-0.2, -0.15) is 0 Å². The van der Waals surface area contributed by atoms with Gasteiger partial charge >= 0.3 is 0 Å². The number of allylic oxidation sites excluding steroid dienone is 11. The number of carbonyl (C=O) groups is 1. The van der Waals surface area contributed by atoms with E-state index in [1.165, 1.54) is 32.1 Å². The van der Waals surface area contributed by atoms with Gasteiger partial charge < -0.3 is 15.5 Å². The number of aliphatic hydroxyl groups is 2. The maximum absolute atomic E-state index is 12.2. The fraction of sp³-hybridized carbons (Fsp3) is 0.629. The van der Waals surface area contributed by atoms with Crippen molar-refractivity contribution >= 4 is 5.91 Å². The van der Waals surface area contributed by atoms with Crippen LogP contribution in [0.2, 0.25) is 0 Å². The molecule has 4 heteroatoms. The monoisotopic (exact) mass is 541 g/mol. The van der Waals surface area contributed by atoms with Crippen molar-refractivity contribution in [2.24, 2.45) is 0 Å².